The van der Waals surface area contributed by atoms with E-state index in [-0.39, 0.29) is 24.0 Å². The van der Waals surface area contributed by atoms with Crippen LogP contribution < -0.4 is 15.0 Å². The number of rotatable bonds is 3. The lowest BCUT2D eigenvalue weighted by molar-refractivity contribution is -0.384. The molecule has 0 bridgehead atoms. The van der Waals surface area contributed by atoms with Crippen LogP contribution in [-0.2, 0) is 4.79 Å². The number of anilines is 3. The van der Waals surface area contributed by atoms with Crippen LogP contribution in [0.25, 0.3) is 0 Å². The summed E-state index contributed by atoms with van der Waals surface area (Å²) >= 11 is 0. The first-order valence-corrected chi connectivity index (χ1v) is 6.87. The van der Waals surface area contributed by atoms with Crippen molar-refractivity contribution in [2.75, 3.05) is 23.9 Å². The van der Waals surface area contributed by atoms with Crippen molar-refractivity contribution in [1.82, 2.24) is 4.98 Å². The number of nitro groups is 1. The maximum Gasteiger partial charge on any atom is 0.311 e. The summed E-state index contributed by atoms with van der Waals surface area (Å²) in [7, 11) is 1.65. The van der Waals surface area contributed by atoms with E-state index in [0.29, 0.717) is 22.7 Å². The van der Waals surface area contributed by atoms with Gasteiger partial charge in [-0.05, 0) is 30.7 Å². The number of aromatic nitrogens is 1. The summed E-state index contributed by atoms with van der Waals surface area (Å²) in [6.07, 6.45) is 1.55. The van der Waals surface area contributed by atoms with Crippen LogP contribution in [0.2, 0.25) is 0 Å². The number of amides is 1. The minimum Gasteiger partial charge on any atom is -0.482 e. The standard InChI is InChI=1S/C15H14N4O4/c1-9-5-12(19(21)22)15(16-7-9)17-10-3-4-13-11(6-10)18(2)14(20)8-23-13/h3-7H,8H2,1-2H3,(H,16,17). The van der Waals surface area contributed by atoms with Gasteiger partial charge in [-0.3, -0.25) is 14.9 Å². The van der Waals surface area contributed by atoms with Gasteiger partial charge in [-0.1, -0.05) is 0 Å². The summed E-state index contributed by atoms with van der Waals surface area (Å²) in [6, 6.07) is 6.57. The summed E-state index contributed by atoms with van der Waals surface area (Å²) in [5.74, 6) is 0.573. The third kappa shape index (κ3) is 2.78. The fourth-order valence-corrected chi connectivity index (χ4v) is 2.28. The normalized spacial score (nSPS) is 13.3. The molecule has 3 rings (SSSR count). The van der Waals surface area contributed by atoms with Crippen LogP contribution in [0.15, 0.2) is 30.5 Å². The average molecular weight is 314 g/mol. The number of carbonyl (C=O) groups excluding carboxylic acids is 1. The molecule has 8 heteroatoms. The highest BCUT2D eigenvalue weighted by molar-refractivity contribution is 5.98. The molecule has 0 saturated heterocycles. The van der Waals surface area contributed by atoms with Gasteiger partial charge in [0.25, 0.3) is 5.91 Å². The summed E-state index contributed by atoms with van der Waals surface area (Å²) in [5.41, 5.74) is 1.77. The van der Waals surface area contributed by atoms with Crippen molar-refractivity contribution in [3.63, 3.8) is 0 Å². The quantitative estimate of drug-likeness (QED) is 0.690. The van der Waals surface area contributed by atoms with E-state index >= 15 is 0 Å². The Morgan fingerprint density at radius 3 is 2.91 bits per heavy atom. The smallest absolute Gasteiger partial charge is 0.311 e. The molecule has 0 aliphatic carbocycles. The minimum atomic E-state index is -0.487. The number of benzene rings is 1. The van der Waals surface area contributed by atoms with Crippen molar-refractivity contribution in [2.24, 2.45) is 0 Å². The predicted molar refractivity (Wildman–Crippen MR) is 84.3 cm³/mol. The number of nitrogens with zero attached hydrogens (tertiary/aromatic N) is 3. The first-order valence-electron chi connectivity index (χ1n) is 6.87. The van der Waals surface area contributed by atoms with Crippen molar-refractivity contribution in [1.29, 1.82) is 0 Å². The van der Waals surface area contributed by atoms with E-state index in [2.05, 4.69) is 10.3 Å². The predicted octanol–water partition coefficient (Wildman–Crippen LogP) is 2.40. The molecule has 8 nitrogen and oxygen atoms in total. The maximum absolute atomic E-state index is 11.7. The van der Waals surface area contributed by atoms with Gasteiger partial charge >= 0.3 is 5.69 Å². The molecule has 0 fully saturated rings. The van der Waals surface area contributed by atoms with Crippen molar-refractivity contribution in [3.05, 3.63) is 46.1 Å². The van der Waals surface area contributed by atoms with Crippen molar-refractivity contribution < 1.29 is 14.5 Å². The maximum atomic E-state index is 11.7. The van der Waals surface area contributed by atoms with Crippen LogP contribution in [0, 0.1) is 17.0 Å². The zero-order valence-corrected chi connectivity index (χ0v) is 12.6. The second-order valence-electron chi connectivity index (χ2n) is 5.19. The van der Waals surface area contributed by atoms with E-state index in [1.54, 1.807) is 38.4 Å². The number of carbonyl (C=O) groups is 1. The summed E-state index contributed by atoms with van der Waals surface area (Å²) in [4.78, 5) is 27.9. The highest BCUT2D eigenvalue weighted by Crippen LogP contribution is 2.35. The topological polar surface area (TPSA) is 97.6 Å². The van der Waals surface area contributed by atoms with E-state index in [0.717, 1.165) is 0 Å². The van der Waals surface area contributed by atoms with Gasteiger partial charge in [0.2, 0.25) is 5.82 Å². The van der Waals surface area contributed by atoms with E-state index in [4.69, 9.17) is 4.74 Å². The highest BCUT2D eigenvalue weighted by atomic mass is 16.6. The second-order valence-corrected chi connectivity index (χ2v) is 5.19. The number of pyridine rings is 1. The molecule has 2 heterocycles. The van der Waals surface area contributed by atoms with Crippen LogP contribution in [0.4, 0.5) is 22.9 Å². The Morgan fingerprint density at radius 1 is 1.39 bits per heavy atom. The third-order valence-corrected chi connectivity index (χ3v) is 3.51. The van der Waals surface area contributed by atoms with Crippen molar-refractivity contribution in [3.8, 4) is 5.75 Å². The van der Waals surface area contributed by atoms with Crippen LogP contribution in [0.1, 0.15) is 5.56 Å². The monoisotopic (exact) mass is 314 g/mol. The van der Waals surface area contributed by atoms with Gasteiger partial charge in [-0.15, -0.1) is 0 Å². The number of likely N-dealkylation sites (N-methyl/N-ethyl adjacent to an activating group) is 1. The molecule has 118 valence electrons. The summed E-state index contributed by atoms with van der Waals surface area (Å²) in [5, 5.41) is 14.1. The molecule has 0 radical (unpaired) electrons. The van der Waals surface area contributed by atoms with E-state index in [1.807, 2.05) is 0 Å². The number of hydrogen-bond donors (Lipinski definition) is 1. The molecule has 1 amide bonds. The molecule has 1 aromatic heterocycles. The van der Waals surface area contributed by atoms with Crippen molar-refractivity contribution >= 4 is 28.8 Å². The summed E-state index contributed by atoms with van der Waals surface area (Å²) < 4.78 is 5.35. The lowest BCUT2D eigenvalue weighted by Gasteiger charge is -2.26. The minimum absolute atomic E-state index is 0.00125. The third-order valence-electron chi connectivity index (χ3n) is 3.51. The van der Waals surface area contributed by atoms with Gasteiger partial charge in [0.1, 0.15) is 5.75 Å². The number of hydrogen-bond acceptors (Lipinski definition) is 6. The molecule has 1 N–H and O–H groups in total. The average Bonchev–Trinajstić information content (AvgIpc) is 2.53. The lowest BCUT2D eigenvalue weighted by Crippen LogP contribution is -2.35. The lowest BCUT2D eigenvalue weighted by atomic mass is 10.2. The Morgan fingerprint density at radius 2 is 2.17 bits per heavy atom. The summed E-state index contributed by atoms with van der Waals surface area (Å²) in [6.45, 7) is 1.74. The van der Waals surface area contributed by atoms with Crippen molar-refractivity contribution in [2.45, 2.75) is 6.92 Å². The molecule has 23 heavy (non-hydrogen) atoms. The largest absolute Gasteiger partial charge is 0.482 e. The van der Waals surface area contributed by atoms with E-state index in [9.17, 15) is 14.9 Å². The molecule has 1 aromatic carbocycles. The Balaban J connectivity index is 1.96. The van der Waals surface area contributed by atoms with Gasteiger partial charge in [0.05, 0.1) is 10.6 Å². The molecular weight excluding hydrogens is 300 g/mol. The van der Waals surface area contributed by atoms with E-state index < -0.39 is 4.92 Å². The van der Waals surface area contributed by atoms with Crippen LogP contribution in [-0.4, -0.2) is 29.5 Å². The van der Waals surface area contributed by atoms with Gasteiger partial charge in [-0.2, -0.15) is 0 Å². The Bertz CT molecular complexity index is 806. The highest BCUT2D eigenvalue weighted by Gasteiger charge is 2.23. The van der Waals surface area contributed by atoms with Gasteiger partial charge < -0.3 is 15.0 Å². The Kier molecular flexibility index (Phi) is 3.57. The first kappa shape index (κ1) is 14.8. The molecule has 0 saturated carbocycles. The molecule has 1 aliphatic heterocycles. The number of ether oxygens (including phenoxy) is 1. The van der Waals surface area contributed by atoms with Crippen LogP contribution >= 0.6 is 0 Å². The number of fused-ring (bicyclic) bond motifs is 1. The molecule has 2 aromatic rings. The first-order chi connectivity index (χ1) is 11.0. The molecule has 0 atom stereocenters. The zero-order chi connectivity index (χ0) is 16.6. The zero-order valence-electron chi connectivity index (χ0n) is 12.6. The Hall–Kier alpha value is -3.16. The molecular formula is C15H14N4O4. The molecule has 0 spiro atoms. The van der Waals surface area contributed by atoms with Crippen LogP contribution in [0.5, 0.6) is 5.75 Å². The second kappa shape index (κ2) is 5.56. The Labute approximate surface area is 131 Å². The van der Waals surface area contributed by atoms with Gasteiger partial charge in [-0.25, -0.2) is 4.98 Å². The number of nitrogens with one attached hydrogen (secondary N) is 1. The number of aryl methyl sites for hydroxylation is 1. The van der Waals surface area contributed by atoms with E-state index in [1.165, 1.54) is 11.0 Å². The van der Waals surface area contributed by atoms with Crippen LogP contribution in [0.3, 0.4) is 0 Å². The fraction of sp³-hybridized carbons (Fsp3) is 0.200. The van der Waals surface area contributed by atoms with Gasteiger partial charge in [0.15, 0.2) is 6.61 Å². The molecule has 0 unspecified atom stereocenters. The molecule has 1 aliphatic rings. The SMILES string of the molecule is Cc1cnc(Nc2ccc3c(c2)N(C)C(=O)CO3)c([N+](=O)[O-])c1. The van der Waals surface area contributed by atoms with Gasteiger partial charge in [0, 0.05) is 25.0 Å². The fourth-order valence-electron chi connectivity index (χ4n) is 2.28.